The minimum atomic E-state index is -1.10. The predicted octanol–water partition coefficient (Wildman–Crippen LogP) is 3.59. The molecule has 1 aromatic heterocycles. The molecular weight excluding hydrogens is 427 g/mol. The average Bonchev–Trinajstić information content (AvgIpc) is 2.85. The van der Waals surface area contributed by atoms with Crippen LogP contribution in [0, 0.1) is 5.95 Å². The topological polar surface area (TPSA) is 94.6 Å². The number of halogens is 1. The molecule has 3 rings (SSSR count). The lowest BCUT2D eigenvalue weighted by Crippen LogP contribution is -2.42. The van der Waals surface area contributed by atoms with Gasteiger partial charge < -0.3 is 14.8 Å². The molecule has 170 valence electrons. The first kappa shape index (κ1) is 23.6. The van der Waals surface area contributed by atoms with Gasteiger partial charge in [-0.1, -0.05) is 60.7 Å². The number of rotatable bonds is 10. The van der Waals surface area contributed by atoms with E-state index in [9.17, 15) is 18.8 Å². The molecule has 2 aromatic carbocycles. The van der Waals surface area contributed by atoms with Gasteiger partial charge in [0.2, 0.25) is 5.95 Å². The molecule has 1 amide bonds. The van der Waals surface area contributed by atoms with E-state index in [0.29, 0.717) is 0 Å². The van der Waals surface area contributed by atoms with Crippen molar-refractivity contribution in [2.45, 2.75) is 32.1 Å². The monoisotopic (exact) mass is 450 g/mol. The number of ether oxygens (including phenoxy) is 2. The van der Waals surface area contributed by atoms with E-state index in [-0.39, 0.29) is 31.6 Å². The highest BCUT2D eigenvalue weighted by molar-refractivity contribution is 5.96. The second-order valence-corrected chi connectivity index (χ2v) is 7.17. The summed E-state index contributed by atoms with van der Waals surface area (Å²) in [4.78, 5) is 40.8. The van der Waals surface area contributed by atoms with Crippen LogP contribution in [0.3, 0.4) is 0 Å². The molecule has 0 aliphatic carbocycles. The third kappa shape index (κ3) is 7.84. The number of nitrogens with zero attached hydrogens (tertiary/aromatic N) is 1. The molecule has 0 fully saturated rings. The maximum absolute atomic E-state index is 13.0. The summed E-state index contributed by atoms with van der Waals surface area (Å²) < 4.78 is 23.6. The summed E-state index contributed by atoms with van der Waals surface area (Å²) in [5.74, 6) is -2.58. The first-order valence-corrected chi connectivity index (χ1v) is 10.3. The summed E-state index contributed by atoms with van der Waals surface area (Å²) in [6, 6.07) is 19.4. The zero-order valence-corrected chi connectivity index (χ0v) is 17.8. The van der Waals surface area contributed by atoms with E-state index in [2.05, 4.69) is 10.3 Å². The molecule has 0 spiro atoms. The number of carbonyl (C=O) groups is 3. The average molecular weight is 450 g/mol. The number of amides is 1. The highest BCUT2D eigenvalue weighted by Crippen LogP contribution is 2.09. The molecule has 3 aromatic rings. The van der Waals surface area contributed by atoms with Crippen molar-refractivity contribution in [1.29, 1.82) is 0 Å². The van der Waals surface area contributed by atoms with Crippen LogP contribution in [-0.4, -0.2) is 28.9 Å². The van der Waals surface area contributed by atoms with Crippen LogP contribution in [-0.2, 0) is 32.3 Å². The molecular formula is C25H23FN2O5. The fourth-order valence-electron chi connectivity index (χ4n) is 2.90. The highest BCUT2D eigenvalue weighted by atomic mass is 19.1. The van der Waals surface area contributed by atoms with Gasteiger partial charge in [0, 0.05) is 12.6 Å². The van der Waals surface area contributed by atoms with Crippen molar-refractivity contribution in [1.82, 2.24) is 10.3 Å². The summed E-state index contributed by atoms with van der Waals surface area (Å²) in [5.41, 5.74) is 1.69. The van der Waals surface area contributed by atoms with E-state index < -0.39 is 29.8 Å². The summed E-state index contributed by atoms with van der Waals surface area (Å²) in [5, 5.41) is 2.53. The van der Waals surface area contributed by atoms with Crippen LogP contribution >= 0.6 is 0 Å². The van der Waals surface area contributed by atoms with E-state index in [4.69, 9.17) is 9.47 Å². The van der Waals surface area contributed by atoms with Crippen LogP contribution in [0.2, 0.25) is 0 Å². The Bertz CT molecular complexity index is 1060. The van der Waals surface area contributed by atoms with E-state index in [0.717, 1.165) is 23.4 Å². The van der Waals surface area contributed by atoms with Gasteiger partial charge in [-0.2, -0.15) is 4.39 Å². The van der Waals surface area contributed by atoms with Crippen LogP contribution < -0.4 is 5.32 Å². The maximum atomic E-state index is 13.0. The first-order valence-electron chi connectivity index (χ1n) is 10.3. The van der Waals surface area contributed by atoms with Gasteiger partial charge in [0.15, 0.2) is 0 Å². The molecule has 0 saturated carbocycles. The Morgan fingerprint density at radius 3 is 2.03 bits per heavy atom. The molecule has 1 unspecified atom stereocenters. The number of benzene rings is 2. The smallest absolute Gasteiger partial charge is 0.328 e. The molecule has 1 heterocycles. The Hall–Kier alpha value is -4.07. The second kappa shape index (κ2) is 12.1. The fourth-order valence-corrected chi connectivity index (χ4v) is 2.90. The fraction of sp³-hybridized carbons (Fsp3) is 0.200. The number of nitrogens with one attached hydrogen (secondary N) is 1. The van der Waals surface area contributed by atoms with Gasteiger partial charge in [-0.15, -0.1) is 0 Å². The van der Waals surface area contributed by atoms with Gasteiger partial charge in [0.1, 0.15) is 19.3 Å². The predicted molar refractivity (Wildman–Crippen MR) is 117 cm³/mol. The molecule has 0 aliphatic rings. The molecule has 1 N–H and O–H groups in total. The van der Waals surface area contributed by atoms with Gasteiger partial charge >= 0.3 is 11.9 Å². The van der Waals surface area contributed by atoms with Gasteiger partial charge in [0.05, 0.1) is 5.56 Å². The normalized spacial score (nSPS) is 11.3. The Balaban J connectivity index is 1.59. The number of hydrogen-bond acceptors (Lipinski definition) is 6. The van der Waals surface area contributed by atoms with Crippen molar-refractivity contribution in [3.63, 3.8) is 0 Å². The third-order valence-corrected chi connectivity index (χ3v) is 4.68. The van der Waals surface area contributed by atoms with Crippen molar-refractivity contribution >= 4 is 17.8 Å². The van der Waals surface area contributed by atoms with Crippen LogP contribution in [0.5, 0.6) is 0 Å². The van der Waals surface area contributed by atoms with Crippen LogP contribution in [0.15, 0.2) is 79.0 Å². The number of hydrogen-bond donors (Lipinski definition) is 1. The highest BCUT2D eigenvalue weighted by Gasteiger charge is 2.24. The van der Waals surface area contributed by atoms with Gasteiger partial charge in [-0.3, -0.25) is 9.59 Å². The Morgan fingerprint density at radius 1 is 0.848 bits per heavy atom. The van der Waals surface area contributed by atoms with E-state index in [1.165, 1.54) is 6.07 Å². The van der Waals surface area contributed by atoms with E-state index in [1.807, 2.05) is 48.5 Å². The lowest BCUT2D eigenvalue weighted by Gasteiger charge is -2.17. The van der Waals surface area contributed by atoms with Gasteiger partial charge in [0.25, 0.3) is 5.91 Å². The molecule has 8 heteroatoms. The minimum absolute atomic E-state index is 0.0165. The lowest BCUT2D eigenvalue weighted by atomic mass is 10.1. The van der Waals surface area contributed by atoms with Crippen molar-refractivity contribution < 1.29 is 28.2 Å². The van der Waals surface area contributed by atoms with Gasteiger partial charge in [-0.25, -0.2) is 9.78 Å². The van der Waals surface area contributed by atoms with Crippen molar-refractivity contribution in [3.05, 3.63) is 102 Å². The van der Waals surface area contributed by atoms with E-state index >= 15 is 0 Å². The molecule has 1 atom stereocenters. The first-order chi connectivity index (χ1) is 16.0. The van der Waals surface area contributed by atoms with Crippen molar-refractivity contribution in [2.24, 2.45) is 0 Å². The maximum Gasteiger partial charge on any atom is 0.328 e. The molecule has 33 heavy (non-hydrogen) atoms. The van der Waals surface area contributed by atoms with Crippen molar-refractivity contribution in [2.75, 3.05) is 0 Å². The zero-order valence-electron chi connectivity index (χ0n) is 17.8. The number of carbonyl (C=O) groups excluding carboxylic acids is 3. The summed E-state index contributed by atoms with van der Waals surface area (Å²) in [6.45, 7) is 0.124. The molecule has 0 saturated heterocycles. The number of esters is 2. The van der Waals surface area contributed by atoms with Crippen LogP contribution in [0.25, 0.3) is 0 Å². The SMILES string of the molecule is O=C(CCC(NC(=O)c1ccc(F)nc1)C(=O)OCc1ccccc1)OCc1ccccc1. The standard InChI is InChI=1S/C25H23FN2O5/c26-22-13-11-20(15-27-22)24(30)28-21(25(31)33-17-19-9-5-2-6-10-19)12-14-23(29)32-16-18-7-3-1-4-8-18/h1-11,13,15,21H,12,14,16-17H2,(H,28,30). The molecule has 0 aliphatic heterocycles. The van der Waals surface area contributed by atoms with Crippen molar-refractivity contribution in [3.8, 4) is 0 Å². The summed E-state index contributed by atoms with van der Waals surface area (Å²) in [7, 11) is 0. The van der Waals surface area contributed by atoms with E-state index in [1.54, 1.807) is 12.1 Å². The molecule has 0 radical (unpaired) electrons. The lowest BCUT2D eigenvalue weighted by molar-refractivity contribution is -0.148. The van der Waals surface area contributed by atoms with Crippen LogP contribution in [0.4, 0.5) is 4.39 Å². The molecule has 7 nitrogen and oxygen atoms in total. The van der Waals surface area contributed by atoms with Crippen LogP contribution in [0.1, 0.15) is 34.3 Å². The van der Waals surface area contributed by atoms with Gasteiger partial charge in [-0.05, 0) is 29.7 Å². The Morgan fingerprint density at radius 2 is 1.45 bits per heavy atom. The third-order valence-electron chi connectivity index (χ3n) is 4.68. The second-order valence-electron chi connectivity index (χ2n) is 7.17. The largest absolute Gasteiger partial charge is 0.461 e. The Kier molecular flexibility index (Phi) is 8.64. The summed E-state index contributed by atoms with van der Waals surface area (Å²) >= 11 is 0. The quantitative estimate of drug-likeness (QED) is 0.375. The number of pyridine rings is 1. The number of aromatic nitrogens is 1. The minimum Gasteiger partial charge on any atom is -0.461 e. The zero-order chi connectivity index (χ0) is 23.5. The summed E-state index contributed by atoms with van der Waals surface area (Å²) in [6.07, 6.45) is 0.923. The Labute approximate surface area is 190 Å². The molecule has 0 bridgehead atoms.